The third-order valence-corrected chi connectivity index (χ3v) is 5.87. The largest absolute Gasteiger partial charge is 0.325 e. The monoisotopic (exact) mass is 488 g/mol. The fourth-order valence-corrected chi connectivity index (χ4v) is 3.81. The van der Waals surface area contributed by atoms with E-state index in [4.69, 9.17) is 11.6 Å². The van der Waals surface area contributed by atoms with Crippen molar-refractivity contribution in [2.45, 2.75) is 17.1 Å². The molecule has 4 nitrogen and oxygen atoms in total. The molecule has 0 saturated heterocycles. The maximum atomic E-state index is 12.4. The molecule has 7 heteroatoms. The second-order valence-electron chi connectivity index (χ2n) is 6.25. The van der Waals surface area contributed by atoms with Gasteiger partial charge in [0.2, 0.25) is 5.91 Å². The topological polar surface area (TPSA) is 58.2 Å². The summed E-state index contributed by atoms with van der Waals surface area (Å²) in [5.41, 5.74) is 1.92. The van der Waals surface area contributed by atoms with Crippen molar-refractivity contribution >= 4 is 62.5 Å². The molecular formula is C22H18BrClN2O2S. The predicted molar refractivity (Wildman–Crippen MR) is 124 cm³/mol. The molecule has 0 spiro atoms. The second kappa shape index (κ2) is 9.96. The van der Waals surface area contributed by atoms with Crippen LogP contribution in [0.3, 0.4) is 0 Å². The second-order valence-corrected chi connectivity index (χ2v) is 9.01. The molecule has 29 heavy (non-hydrogen) atoms. The summed E-state index contributed by atoms with van der Waals surface area (Å²) in [6.45, 7) is 1.85. The van der Waals surface area contributed by atoms with Crippen molar-refractivity contribution in [1.29, 1.82) is 0 Å². The number of carbonyl (C=O) groups is 2. The van der Waals surface area contributed by atoms with Crippen molar-refractivity contribution in [2.24, 2.45) is 0 Å². The van der Waals surface area contributed by atoms with Crippen LogP contribution in [0.5, 0.6) is 0 Å². The number of halogens is 2. The number of rotatable bonds is 6. The first-order valence-electron chi connectivity index (χ1n) is 8.81. The Balaban J connectivity index is 1.56. The minimum atomic E-state index is -0.273. The number of nitrogens with one attached hydrogen (secondary N) is 2. The van der Waals surface area contributed by atoms with E-state index >= 15 is 0 Å². The normalized spacial score (nSPS) is 11.6. The van der Waals surface area contributed by atoms with E-state index in [2.05, 4.69) is 26.6 Å². The Bertz CT molecular complexity index is 1010. The molecule has 3 aromatic rings. The highest BCUT2D eigenvalue weighted by Crippen LogP contribution is 2.26. The lowest BCUT2D eigenvalue weighted by atomic mass is 10.2. The standard InChI is InChI=1S/C22H18BrClN2O2S/c1-14(21(27)25-18-7-5-16(23)6-8-18)29-20-11-9-19(10-12-20)26-22(28)15-3-2-4-17(24)13-15/h2-14H,1H3,(H,25,27)(H,26,28). The van der Waals surface area contributed by atoms with E-state index < -0.39 is 0 Å². The molecule has 0 aromatic heterocycles. The number of carbonyl (C=O) groups excluding carboxylic acids is 2. The molecule has 0 radical (unpaired) electrons. The average molecular weight is 490 g/mol. The van der Waals surface area contributed by atoms with Gasteiger partial charge >= 0.3 is 0 Å². The summed E-state index contributed by atoms with van der Waals surface area (Å²) in [5, 5.41) is 5.98. The lowest BCUT2D eigenvalue weighted by Gasteiger charge is -2.13. The number of thioether (sulfide) groups is 1. The van der Waals surface area contributed by atoms with Crippen molar-refractivity contribution in [3.63, 3.8) is 0 Å². The molecule has 0 bridgehead atoms. The number of amides is 2. The fourth-order valence-electron chi connectivity index (χ4n) is 2.48. The van der Waals surface area contributed by atoms with E-state index in [1.807, 2.05) is 55.5 Å². The molecule has 0 aliphatic rings. The first-order valence-corrected chi connectivity index (χ1v) is 10.9. The van der Waals surface area contributed by atoms with Crippen LogP contribution in [-0.4, -0.2) is 17.1 Å². The Hall–Kier alpha value is -2.28. The highest BCUT2D eigenvalue weighted by atomic mass is 79.9. The number of anilines is 2. The Morgan fingerprint density at radius 2 is 1.55 bits per heavy atom. The van der Waals surface area contributed by atoms with Crippen LogP contribution in [0, 0.1) is 0 Å². The van der Waals surface area contributed by atoms with Crippen molar-refractivity contribution in [3.8, 4) is 0 Å². The molecule has 3 rings (SSSR count). The van der Waals surface area contributed by atoms with Crippen LogP contribution in [0.1, 0.15) is 17.3 Å². The number of benzene rings is 3. The molecule has 3 aromatic carbocycles. The first kappa shape index (κ1) is 21.4. The van der Waals surface area contributed by atoms with Crippen LogP contribution in [0.25, 0.3) is 0 Å². The maximum absolute atomic E-state index is 12.4. The first-order chi connectivity index (χ1) is 13.9. The zero-order valence-electron chi connectivity index (χ0n) is 15.5. The fraction of sp³-hybridized carbons (Fsp3) is 0.0909. The van der Waals surface area contributed by atoms with Crippen molar-refractivity contribution in [2.75, 3.05) is 10.6 Å². The molecule has 1 unspecified atom stereocenters. The van der Waals surface area contributed by atoms with Crippen molar-refractivity contribution in [1.82, 2.24) is 0 Å². The zero-order chi connectivity index (χ0) is 20.8. The summed E-state index contributed by atoms with van der Waals surface area (Å²) < 4.78 is 0.959. The van der Waals surface area contributed by atoms with Crippen LogP contribution in [0.4, 0.5) is 11.4 Å². The Labute approximate surface area is 187 Å². The van der Waals surface area contributed by atoms with Gasteiger partial charge in [0.15, 0.2) is 0 Å². The number of hydrogen-bond acceptors (Lipinski definition) is 3. The Morgan fingerprint density at radius 3 is 2.21 bits per heavy atom. The summed E-state index contributed by atoms with van der Waals surface area (Å²) in [6, 6.07) is 21.6. The van der Waals surface area contributed by atoms with Crippen molar-refractivity contribution < 1.29 is 9.59 Å². The van der Waals surface area contributed by atoms with E-state index in [1.54, 1.807) is 24.3 Å². The van der Waals surface area contributed by atoms with E-state index in [1.165, 1.54) is 11.8 Å². The minimum absolute atomic E-state index is 0.0735. The summed E-state index contributed by atoms with van der Waals surface area (Å²) in [5.74, 6) is -0.300. The summed E-state index contributed by atoms with van der Waals surface area (Å²) in [4.78, 5) is 25.6. The molecule has 0 heterocycles. The molecule has 2 N–H and O–H groups in total. The van der Waals surface area contributed by atoms with Crippen LogP contribution in [0.15, 0.2) is 82.2 Å². The van der Waals surface area contributed by atoms with E-state index in [-0.39, 0.29) is 17.1 Å². The maximum Gasteiger partial charge on any atom is 0.255 e. The smallest absolute Gasteiger partial charge is 0.255 e. The molecule has 0 aliphatic heterocycles. The van der Waals surface area contributed by atoms with E-state index in [0.717, 1.165) is 15.1 Å². The molecule has 0 aliphatic carbocycles. The molecular weight excluding hydrogens is 472 g/mol. The van der Waals surface area contributed by atoms with Gasteiger partial charge < -0.3 is 10.6 Å². The molecule has 0 fully saturated rings. The lowest BCUT2D eigenvalue weighted by Crippen LogP contribution is -2.22. The van der Waals surface area contributed by atoms with Crippen molar-refractivity contribution in [3.05, 3.63) is 87.9 Å². The van der Waals surface area contributed by atoms with Crippen LogP contribution >= 0.6 is 39.3 Å². The van der Waals surface area contributed by atoms with Gasteiger partial charge in [0.1, 0.15) is 0 Å². The molecule has 1 atom stereocenters. The third-order valence-electron chi connectivity index (χ3n) is 3.99. The zero-order valence-corrected chi connectivity index (χ0v) is 18.6. The molecule has 0 saturated carbocycles. The molecule has 2 amide bonds. The summed E-state index contributed by atoms with van der Waals surface area (Å²) in [7, 11) is 0. The van der Waals surface area contributed by atoms with Gasteiger partial charge in [-0.2, -0.15) is 0 Å². The average Bonchev–Trinajstić information content (AvgIpc) is 2.71. The Kier molecular flexibility index (Phi) is 7.36. The minimum Gasteiger partial charge on any atom is -0.325 e. The lowest BCUT2D eigenvalue weighted by molar-refractivity contribution is -0.115. The predicted octanol–water partition coefficient (Wildman–Crippen LogP) is 6.47. The van der Waals surface area contributed by atoms with Gasteiger partial charge in [0.05, 0.1) is 5.25 Å². The van der Waals surface area contributed by atoms with Crippen LogP contribution in [-0.2, 0) is 4.79 Å². The Morgan fingerprint density at radius 1 is 0.931 bits per heavy atom. The molecule has 148 valence electrons. The quantitative estimate of drug-likeness (QED) is 0.390. The highest BCUT2D eigenvalue weighted by molar-refractivity contribution is 9.10. The van der Waals surface area contributed by atoms with Gasteiger partial charge in [-0.25, -0.2) is 0 Å². The van der Waals surface area contributed by atoms with Gasteiger partial charge in [-0.05, 0) is 73.7 Å². The SMILES string of the molecule is CC(Sc1ccc(NC(=O)c2cccc(Cl)c2)cc1)C(=O)Nc1ccc(Br)cc1. The van der Waals surface area contributed by atoms with Gasteiger partial charge in [-0.3, -0.25) is 9.59 Å². The van der Waals surface area contributed by atoms with Crippen LogP contribution in [0.2, 0.25) is 5.02 Å². The van der Waals surface area contributed by atoms with Crippen LogP contribution < -0.4 is 10.6 Å². The van der Waals surface area contributed by atoms with Gasteiger partial charge in [0.25, 0.3) is 5.91 Å². The van der Waals surface area contributed by atoms with Gasteiger partial charge in [-0.1, -0.05) is 33.6 Å². The third kappa shape index (κ3) is 6.35. The van der Waals surface area contributed by atoms with Gasteiger partial charge in [-0.15, -0.1) is 11.8 Å². The van der Waals surface area contributed by atoms with E-state index in [0.29, 0.717) is 16.3 Å². The highest BCUT2D eigenvalue weighted by Gasteiger charge is 2.15. The van der Waals surface area contributed by atoms with Gasteiger partial charge in [0, 0.05) is 31.3 Å². The summed E-state index contributed by atoms with van der Waals surface area (Å²) in [6.07, 6.45) is 0. The van der Waals surface area contributed by atoms with E-state index in [9.17, 15) is 9.59 Å². The number of hydrogen-bond donors (Lipinski definition) is 2. The summed E-state index contributed by atoms with van der Waals surface area (Å²) >= 11 is 10.7.